The maximum Gasteiger partial charge on any atom is 0.407 e. The summed E-state index contributed by atoms with van der Waals surface area (Å²) in [4.78, 5) is 47.8. The van der Waals surface area contributed by atoms with Gasteiger partial charge in [0.1, 0.15) is 18.7 Å². The largest absolute Gasteiger partial charge is 0.480 e. The number of carbonyl (C=O) groups is 4. The fourth-order valence-electron chi connectivity index (χ4n) is 4.03. The maximum atomic E-state index is 12.6. The molecule has 9 heteroatoms. The van der Waals surface area contributed by atoms with Crippen LogP contribution in [0.1, 0.15) is 43.2 Å². The molecule has 180 valence electrons. The Balaban J connectivity index is 1.58. The number of fused-ring (bicyclic) bond motifs is 3. The van der Waals surface area contributed by atoms with Crippen molar-refractivity contribution in [2.24, 2.45) is 0 Å². The first-order valence-electron chi connectivity index (χ1n) is 11.1. The van der Waals surface area contributed by atoms with E-state index < -0.39 is 36.0 Å². The fraction of sp³-hybridized carbons (Fsp3) is 0.360. The number of methoxy groups -OCH3 is 1. The second-order valence-corrected chi connectivity index (χ2v) is 7.94. The summed E-state index contributed by atoms with van der Waals surface area (Å²) in [5, 5.41) is 14.2. The number of esters is 1. The lowest BCUT2D eigenvalue weighted by Crippen LogP contribution is -2.51. The number of rotatable bonds is 10. The van der Waals surface area contributed by atoms with Gasteiger partial charge in [0.05, 0.1) is 7.11 Å². The lowest BCUT2D eigenvalue weighted by atomic mass is 9.98. The molecular formula is C25H28N2O7. The number of carboxylic acids is 1. The SMILES string of the molecule is CC[C@@H](NC(=O)OCC1c2ccccc2-c2ccccc21)C(=O)N[C@@H](CCC(=O)OC)C(=O)O. The molecule has 1 aliphatic rings. The summed E-state index contributed by atoms with van der Waals surface area (Å²) in [6.07, 6.45) is -0.843. The van der Waals surface area contributed by atoms with Gasteiger partial charge in [-0.05, 0) is 35.1 Å². The molecule has 3 N–H and O–H groups in total. The molecule has 2 amide bonds. The van der Waals surface area contributed by atoms with E-state index in [0.717, 1.165) is 22.3 Å². The van der Waals surface area contributed by atoms with Crippen LogP contribution in [0.3, 0.4) is 0 Å². The molecule has 0 saturated carbocycles. The minimum atomic E-state index is -1.29. The molecule has 0 heterocycles. The highest BCUT2D eigenvalue weighted by Gasteiger charge is 2.30. The van der Waals surface area contributed by atoms with E-state index in [1.165, 1.54) is 7.11 Å². The third-order valence-corrected chi connectivity index (χ3v) is 5.84. The van der Waals surface area contributed by atoms with Gasteiger partial charge < -0.3 is 25.2 Å². The van der Waals surface area contributed by atoms with Crippen molar-refractivity contribution in [2.75, 3.05) is 13.7 Å². The number of benzene rings is 2. The van der Waals surface area contributed by atoms with Crippen LogP contribution in [0.15, 0.2) is 48.5 Å². The van der Waals surface area contributed by atoms with Crippen molar-refractivity contribution in [1.29, 1.82) is 0 Å². The van der Waals surface area contributed by atoms with Crippen molar-refractivity contribution in [3.05, 3.63) is 59.7 Å². The van der Waals surface area contributed by atoms with Crippen molar-refractivity contribution >= 4 is 23.9 Å². The number of amides is 2. The first kappa shape index (κ1) is 24.8. The molecule has 0 spiro atoms. The highest BCUT2D eigenvalue weighted by atomic mass is 16.5. The lowest BCUT2D eigenvalue weighted by Gasteiger charge is -2.21. The van der Waals surface area contributed by atoms with Gasteiger partial charge in [-0.15, -0.1) is 0 Å². The van der Waals surface area contributed by atoms with E-state index in [-0.39, 0.29) is 31.8 Å². The van der Waals surface area contributed by atoms with Crippen LogP contribution in [0, 0.1) is 0 Å². The molecule has 2 aromatic rings. The van der Waals surface area contributed by atoms with Crippen LogP contribution in [-0.4, -0.2) is 54.8 Å². The number of alkyl carbamates (subject to hydrolysis) is 1. The van der Waals surface area contributed by atoms with Gasteiger partial charge in [-0.3, -0.25) is 9.59 Å². The number of aliphatic carboxylic acids is 1. The van der Waals surface area contributed by atoms with E-state index >= 15 is 0 Å². The van der Waals surface area contributed by atoms with Crippen LogP contribution in [-0.2, 0) is 23.9 Å². The van der Waals surface area contributed by atoms with Crippen molar-refractivity contribution < 1.29 is 33.8 Å². The van der Waals surface area contributed by atoms with E-state index in [0.29, 0.717) is 0 Å². The van der Waals surface area contributed by atoms with Gasteiger partial charge >= 0.3 is 18.0 Å². The number of ether oxygens (including phenoxy) is 2. The van der Waals surface area contributed by atoms with Gasteiger partial charge in [-0.2, -0.15) is 0 Å². The van der Waals surface area contributed by atoms with Crippen LogP contribution in [0.25, 0.3) is 11.1 Å². The Hall–Kier alpha value is -3.88. The fourth-order valence-corrected chi connectivity index (χ4v) is 4.03. The lowest BCUT2D eigenvalue weighted by molar-refractivity contribution is -0.144. The summed E-state index contributed by atoms with van der Waals surface area (Å²) >= 11 is 0. The van der Waals surface area contributed by atoms with Gasteiger partial charge in [0.2, 0.25) is 5.91 Å². The Morgan fingerprint density at radius 2 is 1.53 bits per heavy atom. The molecule has 0 aliphatic heterocycles. The van der Waals surface area contributed by atoms with Crippen molar-refractivity contribution in [3.8, 4) is 11.1 Å². The first-order chi connectivity index (χ1) is 16.3. The van der Waals surface area contributed by atoms with Gasteiger partial charge in [-0.1, -0.05) is 55.5 Å². The van der Waals surface area contributed by atoms with Gasteiger partial charge in [0.25, 0.3) is 0 Å². The zero-order valence-electron chi connectivity index (χ0n) is 19.1. The van der Waals surface area contributed by atoms with Crippen molar-refractivity contribution in [1.82, 2.24) is 10.6 Å². The van der Waals surface area contributed by atoms with E-state index in [1.807, 2.05) is 48.5 Å². The highest BCUT2D eigenvalue weighted by Crippen LogP contribution is 2.44. The first-order valence-corrected chi connectivity index (χ1v) is 11.1. The second-order valence-electron chi connectivity index (χ2n) is 7.94. The van der Waals surface area contributed by atoms with Crippen molar-refractivity contribution in [2.45, 2.75) is 44.2 Å². The van der Waals surface area contributed by atoms with Crippen LogP contribution in [0.2, 0.25) is 0 Å². The topological polar surface area (TPSA) is 131 Å². The molecule has 0 aromatic heterocycles. The molecule has 2 aromatic carbocycles. The van der Waals surface area contributed by atoms with Gasteiger partial charge in [0, 0.05) is 12.3 Å². The molecule has 0 unspecified atom stereocenters. The highest BCUT2D eigenvalue weighted by molar-refractivity contribution is 5.89. The molecule has 0 bridgehead atoms. The average molecular weight is 469 g/mol. The average Bonchev–Trinajstić information content (AvgIpc) is 3.16. The molecule has 34 heavy (non-hydrogen) atoms. The van der Waals surface area contributed by atoms with Gasteiger partial charge in [0.15, 0.2) is 0 Å². The summed E-state index contributed by atoms with van der Waals surface area (Å²) in [5.41, 5.74) is 4.33. The molecule has 0 fully saturated rings. The molecule has 0 radical (unpaired) electrons. The zero-order chi connectivity index (χ0) is 24.7. The summed E-state index contributed by atoms with van der Waals surface area (Å²) in [5.74, 6) is -2.66. The summed E-state index contributed by atoms with van der Waals surface area (Å²) in [6.45, 7) is 1.77. The smallest absolute Gasteiger partial charge is 0.407 e. The molecule has 1 aliphatic carbocycles. The summed E-state index contributed by atoms with van der Waals surface area (Å²) in [6, 6.07) is 13.6. The predicted octanol–water partition coefficient (Wildman–Crippen LogP) is 2.83. The minimum Gasteiger partial charge on any atom is -0.480 e. The molecule has 9 nitrogen and oxygen atoms in total. The van der Waals surface area contributed by atoms with E-state index in [4.69, 9.17) is 4.74 Å². The molecule has 3 rings (SSSR count). The van der Waals surface area contributed by atoms with E-state index in [1.54, 1.807) is 6.92 Å². The predicted molar refractivity (Wildman–Crippen MR) is 123 cm³/mol. The number of hydrogen-bond acceptors (Lipinski definition) is 6. The Labute approximate surface area is 197 Å². The summed E-state index contributed by atoms with van der Waals surface area (Å²) < 4.78 is 9.96. The third kappa shape index (κ3) is 5.72. The van der Waals surface area contributed by atoms with Crippen LogP contribution in [0.4, 0.5) is 4.79 Å². The van der Waals surface area contributed by atoms with Crippen LogP contribution >= 0.6 is 0 Å². The number of carboxylic acid groups (broad SMARTS) is 1. The minimum absolute atomic E-state index is 0.0921. The Morgan fingerprint density at radius 3 is 2.06 bits per heavy atom. The second kappa shape index (κ2) is 11.3. The third-order valence-electron chi connectivity index (χ3n) is 5.84. The molecule has 2 atom stereocenters. The monoisotopic (exact) mass is 468 g/mol. The Morgan fingerprint density at radius 1 is 0.941 bits per heavy atom. The quantitative estimate of drug-likeness (QED) is 0.457. The Bertz CT molecular complexity index is 1020. The summed E-state index contributed by atoms with van der Waals surface area (Å²) in [7, 11) is 1.20. The molecular weight excluding hydrogens is 440 g/mol. The van der Waals surface area contributed by atoms with E-state index in [2.05, 4.69) is 15.4 Å². The Kier molecular flexibility index (Phi) is 8.24. The number of carbonyl (C=O) groups excluding carboxylic acids is 3. The zero-order valence-corrected chi connectivity index (χ0v) is 19.1. The van der Waals surface area contributed by atoms with Crippen LogP contribution < -0.4 is 10.6 Å². The molecule has 0 saturated heterocycles. The van der Waals surface area contributed by atoms with E-state index in [9.17, 15) is 24.3 Å². The van der Waals surface area contributed by atoms with Gasteiger partial charge in [-0.25, -0.2) is 9.59 Å². The number of hydrogen-bond donors (Lipinski definition) is 3. The number of nitrogens with one attached hydrogen (secondary N) is 2. The maximum absolute atomic E-state index is 12.6. The normalized spacial score (nSPS) is 13.7. The van der Waals surface area contributed by atoms with Crippen LogP contribution in [0.5, 0.6) is 0 Å². The standard InChI is InChI=1S/C25H28N2O7/c1-3-20(23(29)26-21(24(30)31)12-13-22(28)33-2)27-25(32)34-14-19-17-10-6-4-8-15(17)16-9-5-7-11-18(16)19/h4-11,19-21H,3,12-14H2,1-2H3,(H,26,29)(H,27,32)(H,30,31)/t20-,21+/m1/s1. The van der Waals surface area contributed by atoms with Crippen molar-refractivity contribution in [3.63, 3.8) is 0 Å².